The van der Waals surface area contributed by atoms with E-state index in [4.69, 9.17) is 0 Å². The van der Waals surface area contributed by atoms with Crippen molar-refractivity contribution in [1.29, 1.82) is 0 Å². The second-order valence-corrected chi connectivity index (χ2v) is 7.31. The van der Waals surface area contributed by atoms with Crippen molar-refractivity contribution in [3.05, 3.63) is 38.3 Å². The highest BCUT2D eigenvalue weighted by Gasteiger charge is 2.33. The summed E-state index contributed by atoms with van der Waals surface area (Å²) in [6.07, 6.45) is 0.520. The van der Waals surface area contributed by atoms with Crippen LogP contribution >= 0.6 is 27.3 Å². The predicted molar refractivity (Wildman–Crippen MR) is 93.4 cm³/mol. The third-order valence-electron chi connectivity index (χ3n) is 3.93. The van der Waals surface area contributed by atoms with E-state index in [1.807, 2.05) is 25.1 Å². The quantitative estimate of drug-likeness (QED) is 0.804. The van der Waals surface area contributed by atoms with E-state index in [1.54, 1.807) is 0 Å². The summed E-state index contributed by atoms with van der Waals surface area (Å²) in [6, 6.07) is 5.23. The number of anilines is 1. The summed E-state index contributed by atoms with van der Waals surface area (Å²) < 4.78 is 0.904. The second-order valence-electron chi connectivity index (χ2n) is 5.45. The Balaban J connectivity index is 1.77. The molecule has 1 saturated heterocycles. The van der Waals surface area contributed by atoms with Crippen LogP contribution in [0.1, 0.15) is 39.3 Å². The fourth-order valence-electron chi connectivity index (χ4n) is 2.63. The molecule has 0 spiro atoms. The Kier molecular flexibility index (Phi) is 4.81. The van der Waals surface area contributed by atoms with Gasteiger partial charge in [0.05, 0.1) is 6.04 Å². The SMILES string of the molecule is Cc1c(Br)cccc1NC(=O)c1nnc([C@@H]2CCCN2C(=O)O)s1. The van der Waals surface area contributed by atoms with Gasteiger partial charge < -0.3 is 10.4 Å². The molecule has 1 aliphatic heterocycles. The van der Waals surface area contributed by atoms with Crippen LogP contribution in [-0.4, -0.2) is 38.7 Å². The predicted octanol–water partition coefficient (Wildman–Crippen LogP) is 3.68. The van der Waals surface area contributed by atoms with E-state index in [-0.39, 0.29) is 17.0 Å². The summed E-state index contributed by atoms with van der Waals surface area (Å²) in [5.41, 5.74) is 1.61. The number of likely N-dealkylation sites (tertiary alicyclic amines) is 1. The fraction of sp³-hybridized carbons (Fsp3) is 0.333. The van der Waals surface area contributed by atoms with Gasteiger partial charge in [-0.2, -0.15) is 0 Å². The number of nitrogens with zero attached hydrogens (tertiary/aromatic N) is 3. The van der Waals surface area contributed by atoms with Crippen molar-refractivity contribution in [1.82, 2.24) is 15.1 Å². The van der Waals surface area contributed by atoms with E-state index in [0.29, 0.717) is 23.7 Å². The molecule has 0 bridgehead atoms. The largest absolute Gasteiger partial charge is 0.465 e. The van der Waals surface area contributed by atoms with Crippen LogP contribution in [0, 0.1) is 6.92 Å². The van der Waals surface area contributed by atoms with Crippen LogP contribution in [0.15, 0.2) is 22.7 Å². The molecule has 3 rings (SSSR count). The first-order chi connectivity index (χ1) is 11.5. The molecule has 9 heteroatoms. The smallest absolute Gasteiger partial charge is 0.407 e. The molecular weight excluding hydrogens is 396 g/mol. The van der Waals surface area contributed by atoms with Crippen LogP contribution in [0.3, 0.4) is 0 Å². The van der Waals surface area contributed by atoms with E-state index in [0.717, 1.165) is 27.8 Å². The third-order valence-corrected chi connectivity index (χ3v) is 5.82. The second kappa shape index (κ2) is 6.86. The summed E-state index contributed by atoms with van der Waals surface area (Å²) in [4.78, 5) is 25.0. The number of nitrogens with one attached hydrogen (secondary N) is 1. The van der Waals surface area contributed by atoms with E-state index in [9.17, 15) is 14.7 Å². The molecule has 126 valence electrons. The summed E-state index contributed by atoms with van der Waals surface area (Å²) in [5, 5.41) is 20.8. The summed E-state index contributed by atoms with van der Waals surface area (Å²) in [5.74, 6) is -0.347. The molecular formula is C15H15BrN4O3S. The molecule has 1 aliphatic rings. The normalized spacial score (nSPS) is 17.1. The Bertz CT molecular complexity index is 795. The highest BCUT2D eigenvalue weighted by atomic mass is 79.9. The molecule has 24 heavy (non-hydrogen) atoms. The molecule has 0 unspecified atom stereocenters. The molecule has 7 nitrogen and oxygen atoms in total. The Morgan fingerprint density at radius 1 is 1.42 bits per heavy atom. The first-order valence-corrected chi connectivity index (χ1v) is 8.97. The number of carboxylic acid groups (broad SMARTS) is 1. The van der Waals surface area contributed by atoms with Gasteiger partial charge >= 0.3 is 6.09 Å². The number of carbonyl (C=O) groups is 2. The van der Waals surface area contributed by atoms with Crippen molar-refractivity contribution in [2.75, 3.05) is 11.9 Å². The molecule has 1 atom stereocenters. The summed E-state index contributed by atoms with van der Waals surface area (Å²) >= 11 is 4.56. The number of carbonyl (C=O) groups excluding carboxylic acids is 1. The van der Waals surface area contributed by atoms with E-state index >= 15 is 0 Å². The van der Waals surface area contributed by atoms with Gasteiger partial charge in [0.2, 0.25) is 5.01 Å². The summed E-state index contributed by atoms with van der Waals surface area (Å²) in [7, 11) is 0. The van der Waals surface area contributed by atoms with Crippen LogP contribution < -0.4 is 5.32 Å². The Morgan fingerprint density at radius 3 is 2.96 bits per heavy atom. The first-order valence-electron chi connectivity index (χ1n) is 7.37. The lowest BCUT2D eigenvalue weighted by Crippen LogP contribution is -2.28. The van der Waals surface area contributed by atoms with Crippen LogP contribution in [0.2, 0.25) is 0 Å². The van der Waals surface area contributed by atoms with Crippen LogP contribution in [-0.2, 0) is 0 Å². The van der Waals surface area contributed by atoms with Crippen molar-refractivity contribution >= 4 is 45.0 Å². The Morgan fingerprint density at radius 2 is 2.21 bits per heavy atom. The van der Waals surface area contributed by atoms with Crippen molar-refractivity contribution in [3.8, 4) is 0 Å². The number of amides is 2. The number of aromatic nitrogens is 2. The molecule has 1 aromatic heterocycles. The molecule has 2 N–H and O–H groups in total. The highest BCUT2D eigenvalue weighted by molar-refractivity contribution is 9.10. The minimum Gasteiger partial charge on any atom is -0.465 e. The van der Waals surface area contributed by atoms with Gasteiger partial charge in [0.1, 0.15) is 5.01 Å². The van der Waals surface area contributed by atoms with Gasteiger partial charge in [0.15, 0.2) is 0 Å². The third kappa shape index (κ3) is 3.27. The zero-order valence-electron chi connectivity index (χ0n) is 12.8. The fourth-order valence-corrected chi connectivity index (χ4v) is 3.88. The average Bonchev–Trinajstić information content (AvgIpc) is 3.19. The van der Waals surface area contributed by atoms with Gasteiger partial charge in [-0.1, -0.05) is 33.3 Å². The van der Waals surface area contributed by atoms with Crippen LogP contribution in [0.4, 0.5) is 10.5 Å². The van der Waals surface area contributed by atoms with Gasteiger partial charge in [-0.15, -0.1) is 10.2 Å². The van der Waals surface area contributed by atoms with Crippen molar-refractivity contribution in [2.24, 2.45) is 0 Å². The topological polar surface area (TPSA) is 95.4 Å². The van der Waals surface area contributed by atoms with Gasteiger partial charge in [0, 0.05) is 16.7 Å². The zero-order chi connectivity index (χ0) is 17.3. The van der Waals surface area contributed by atoms with Crippen molar-refractivity contribution in [2.45, 2.75) is 25.8 Å². The molecule has 1 aromatic carbocycles. The standard InChI is InChI=1S/C15H15BrN4O3S/c1-8-9(16)4-2-5-10(8)17-12(21)14-19-18-13(24-14)11-6-3-7-20(11)15(22)23/h2,4-5,11H,3,6-7H2,1H3,(H,17,21)(H,22,23)/t11-/m0/s1. The van der Waals surface area contributed by atoms with Crippen LogP contribution in [0.25, 0.3) is 0 Å². The molecule has 0 aliphatic carbocycles. The average molecular weight is 411 g/mol. The van der Waals surface area contributed by atoms with Gasteiger partial charge in [-0.3, -0.25) is 9.69 Å². The molecule has 1 fully saturated rings. The number of hydrogen-bond acceptors (Lipinski definition) is 5. The number of halogens is 1. The number of hydrogen-bond donors (Lipinski definition) is 2. The van der Waals surface area contributed by atoms with Crippen molar-refractivity contribution < 1.29 is 14.7 Å². The minimum absolute atomic E-state index is 0.224. The zero-order valence-corrected chi connectivity index (χ0v) is 15.2. The Labute approximate surface area is 150 Å². The monoisotopic (exact) mass is 410 g/mol. The maximum atomic E-state index is 12.4. The molecule has 2 amide bonds. The molecule has 0 radical (unpaired) electrons. The maximum absolute atomic E-state index is 12.4. The van der Waals surface area contributed by atoms with Crippen LogP contribution in [0.5, 0.6) is 0 Å². The minimum atomic E-state index is -0.969. The molecule has 2 aromatic rings. The number of rotatable bonds is 3. The lowest BCUT2D eigenvalue weighted by molar-refractivity contribution is 0.102. The van der Waals surface area contributed by atoms with Gasteiger partial charge in [-0.25, -0.2) is 4.79 Å². The lowest BCUT2D eigenvalue weighted by atomic mass is 10.2. The Hall–Kier alpha value is -2.00. The lowest BCUT2D eigenvalue weighted by Gasteiger charge is -2.18. The molecule has 0 saturated carbocycles. The van der Waals surface area contributed by atoms with Crippen molar-refractivity contribution in [3.63, 3.8) is 0 Å². The van der Waals surface area contributed by atoms with Gasteiger partial charge in [0.25, 0.3) is 5.91 Å². The van der Waals surface area contributed by atoms with Gasteiger partial charge in [-0.05, 0) is 37.5 Å². The maximum Gasteiger partial charge on any atom is 0.407 e. The first kappa shape index (κ1) is 16.8. The van der Waals surface area contributed by atoms with E-state index in [2.05, 4.69) is 31.4 Å². The van der Waals surface area contributed by atoms with E-state index in [1.165, 1.54) is 4.90 Å². The molecule has 2 heterocycles. The summed E-state index contributed by atoms with van der Waals surface area (Å²) in [6.45, 7) is 2.38. The number of benzene rings is 1. The highest BCUT2D eigenvalue weighted by Crippen LogP contribution is 2.33. The van der Waals surface area contributed by atoms with E-state index < -0.39 is 6.09 Å².